The van der Waals surface area contributed by atoms with E-state index in [1.54, 1.807) is 6.20 Å². The molecule has 2 aromatic rings. The van der Waals surface area contributed by atoms with Crippen LogP contribution in [0.25, 0.3) is 11.4 Å². The minimum Gasteiger partial charge on any atom is -0.370 e. The van der Waals surface area contributed by atoms with Gasteiger partial charge in [-0.25, -0.2) is 9.97 Å². The van der Waals surface area contributed by atoms with Gasteiger partial charge in [-0.2, -0.15) is 0 Å². The van der Waals surface area contributed by atoms with Crippen molar-refractivity contribution in [2.24, 2.45) is 5.73 Å². The van der Waals surface area contributed by atoms with Crippen LogP contribution >= 0.6 is 0 Å². The SMILES string of the molecule is Cc1noc(C)c1-c1nccc(C2CCCN2CCC(N)=O)n1. The summed E-state index contributed by atoms with van der Waals surface area (Å²) in [5.74, 6) is 1.09. The van der Waals surface area contributed by atoms with Crippen LogP contribution in [0.1, 0.15) is 42.5 Å². The lowest BCUT2D eigenvalue weighted by Gasteiger charge is -2.23. The number of likely N-dealkylation sites (tertiary alicyclic amines) is 1. The maximum Gasteiger partial charge on any atom is 0.218 e. The lowest BCUT2D eigenvalue weighted by Crippen LogP contribution is -2.28. The Morgan fingerprint density at radius 3 is 3.00 bits per heavy atom. The molecule has 1 fully saturated rings. The molecule has 1 saturated heterocycles. The lowest BCUT2D eigenvalue weighted by atomic mass is 10.1. The minimum absolute atomic E-state index is 0.205. The van der Waals surface area contributed by atoms with Gasteiger partial charge in [-0.05, 0) is 39.3 Å². The zero-order chi connectivity index (χ0) is 16.4. The van der Waals surface area contributed by atoms with E-state index in [4.69, 9.17) is 15.2 Å². The molecular formula is C16H21N5O2. The number of carbonyl (C=O) groups excluding carboxylic acids is 1. The van der Waals surface area contributed by atoms with Gasteiger partial charge in [0.1, 0.15) is 5.76 Å². The summed E-state index contributed by atoms with van der Waals surface area (Å²) in [7, 11) is 0. The third kappa shape index (κ3) is 3.24. The van der Waals surface area contributed by atoms with Crippen LogP contribution in [0.3, 0.4) is 0 Å². The van der Waals surface area contributed by atoms with Gasteiger partial charge in [0.05, 0.1) is 23.0 Å². The van der Waals surface area contributed by atoms with E-state index < -0.39 is 0 Å². The van der Waals surface area contributed by atoms with Crippen molar-refractivity contribution in [3.8, 4) is 11.4 Å². The van der Waals surface area contributed by atoms with Gasteiger partial charge < -0.3 is 10.3 Å². The summed E-state index contributed by atoms with van der Waals surface area (Å²) in [5, 5.41) is 3.97. The predicted molar refractivity (Wildman–Crippen MR) is 84.4 cm³/mol. The van der Waals surface area contributed by atoms with Crippen molar-refractivity contribution in [3.63, 3.8) is 0 Å². The molecular weight excluding hydrogens is 294 g/mol. The molecule has 2 aromatic heterocycles. The molecule has 23 heavy (non-hydrogen) atoms. The number of nitrogens with zero attached hydrogens (tertiary/aromatic N) is 4. The zero-order valence-corrected chi connectivity index (χ0v) is 13.5. The number of rotatable bonds is 5. The van der Waals surface area contributed by atoms with Crippen LogP contribution < -0.4 is 5.73 Å². The normalized spacial score (nSPS) is 18.4. The fourth-order valence-electron chi connectivity index (χ4n) is 3.16. The highest BCUT2D eigenvalue weighted by atomic mass is 16.5. The summed E-state index contributed by atoms with van der Waals surface area (Å²) in [6, 6.07) is 2.14. The van der Waals surface area contributed by atoms with Crippen molar-refractivity contribution < 1.29 is 9.32 Å². The molecule has 0 aliphatic carbocycles. The van der Waals surface area contributed by atoms with Crippen LogP contribution in [0.2, 0.25) is 0 Å². The fourth-order valence-corrected chi connectivity index (χ4v) is 3.16. The van der Waals surface area contributed by atoms with E-state index in [1.807, 2.05) is 19.9 Å². The maximum absolute atomic E-state index is 11.0. The van der Waals surface area contributed by atoms with E-state index in [2.05, 4.69) is 15.0 Å². The minimum atomic E-state index is -0.269. The van der Waals surface area contributed by atoms with Crippen molar-refractivity contribution in [1.82, 2.24) is 20.0 Å². The average molecular weight is 315 g/mol. The van der Waals surface area contributed by atoms with E-state index in [-0.39, 0.29) is 11.9 Å². The lowest BCUT2D eigenvalue weighted by molar-refractivity contribution is -0.118. The largest absolute Gasteiger partial charge is 0.370 e. The van der Waals surface area contributed by atoms with Gasteiger partial charge >= 0.3 is 0 Å². The molecule has 1 amide bonds. The number of amides is 1. The Morgan fingerprint density at radius 1 is 1.48 bits per heavy atom. The topological polar surface area (TPSA) is 98.1 Å². The van der Waals surface area contributed by atoms with Gasteiger partial charge in [-0.15, -0.1) is 0 Å². The van der Waals surface area contributed by atoms with E-state index in [0.717, 1.165) is 42.1 Å². The summed E-state index contributed by atoms with van der Waals surface area (Å²) in [6.45, 7) is 5.38. The molecule has 7 nitrogen and oxygen atoms in total. The first-order chi connectivity index (χ1) is 11.1. The van der Waals surface area contributed by atoms with Crippen molar-refractivity contribution >= 4 is 5.91 Å². The zero-order valence-electron chi connectivity index (χ0n) is 13.5. The second-order valence-corrected chi connectivity index (χ2v) is 5.91. The monoisotopic (exact) mass is 315 g/mol. The summed E-state index contributed by atoms with van der Waals surface area (Å²) in [6.07, 6.45) is 4.26. The first-order valence-electron chi connectivity index (χ1n) is 7.85. The molecule has 0 saturated carbocycles. The highest BCUT2D eigenvalue weighted by Gasteiger charge is 2.28. The molecule has 0 spiro atoms. The Balaban J connectivity index is 1.86. The highest BCUT2D eigenvalue weighted by molar-refractivity contribution is 5.73. The van der Waals surface area contributed by atoms with Gasteiger partial charge in [0, 0.05) is 19.2 Å². The summed E-state index contributed by atoms with van der Waals surface area (Å²) < 4.78 is 5.21. The number of carbonyl (C=O) groups is 1. The van der Waals surface area contributed by atoms with Crippen LogP contribution in [0.4, 0.5) is 0 Å². The molecule has 7 heteroatoms. The third-order valence-corrected chi connectivity index (χ3v) is 4.28. The molecule has 1 unspecified atom stereocenters. The predicted octanol–water partition coefficient (Wildman–Crippen LogP) is 1.76. The van der Waals surface area contributed by atoms with Crippen molar-refractivity contribution in [2.45, 2.75) is 39.2 Å². The Bertz CT molecular complexity index is 693. The van der Waals surface area contributed by atoms with Gasteiger partial charge in [0.15, 0.2) is 5.82 Å². The highest BCUT2D eigenvalue weighted by Crippen LogP contribution is 2.32. The van der Waals surface area contributed by atoms with Crippen LogP contribution in [-0.4, -0.2) is 39.0 Å². The van der Waals surface area contributed by atoms with Crippen LogP contribution in [0, 0.1) is 13.8 Å². The molecule has 0 bridgehead atoms. The first kappa shape index (κ1) is 15.6. The van der Waals surface area contributed by atoms with E-state index in [0.29, 0.717) is 18.8 Å². The third-order valence-electron chi connectivity index (χ3n) is 4.28. The Kier molecular flexibility index (Phi) is 4.38. The molecule has 3 heterocycles. The summed E-state index contributed by atoms with van der Waals surface area (Å²) >= 11 is 0. The second kappa shape index (κ2) is 6.45. The van der Waals surface area contributed by atoms with Crippen LogP contribution in [0.5, 0.6) is 0 Å². The summed E-state index contributed by atoms with van der Waals surface area (Å²) in [5.41, 5.74) is 7.88. The number of hydrogen-bond donors (Lipinski definition) is 1. The number of hydrogen-bond acceptors (Lipinski definition) is 6. The van der Waals surface area contributed by atoms with Crippen molar-refractivity contribution in [3.05, 3.63) is 29.4 Å². The van der Waals surface area contributed by atoms with Gasteiger partial charge in [0.2, 0.25) is 5.91 Å². The smallest absolute Gasteiger partial charge is 0.218 e. The molecule has 1 aliphatic rings. The number of nitrogens with two attached hydrogens (primary N) is 1. The van der Waals surface area contributed by atoms with Crippen molar-refractivity contribution in [1.29, 1.82) is 0 Å². The van der Waals surface area contributed by atoms with Gasteiger partial charge in [-0.1, -0.05) is 5.16 Å². The van der Waals surface area contributed by atoms with E-state index in [1.165, 1.54) is 0 Å². The molecule has 2 N–H and O–H groups in total. The average Bonchev–Trinajstić information content (AvgIpc) is 3.12. The van der Waals surface area contributed by atoms with Gasteiger partial charge in [0.25, 0.3) is 0 Å². The number of primary amides is 1. The number of aryl methyl sites for hydroxylation is 2. The quantitative estimate of drug-likeness (QED) is 0.902. The molecule has 122 valence electrons. The standard InChI is InChI=1S/C16H21N5O2/c1-10-15(11(2)23-20-10)16-18-7-5-12(19-16)13-4-3-8-21(13)9-6-14(17)22/h5,7,13H,3-4,6,8-9H2,1-2H3,(H2,17,22). The van der Waals surface area contributed by atoms with Crippen LogP contribution in [-0.2, 0) is 4.79 Å². The Hall–Kier alpha value is -2.28. The van der Waals surface area contributed by atoms with E-state index >= 15 is 0 Å². The Morgan fingerprint density at radius 2 is 2.30 bits per heavy atom. The molecule has 0 radical (unpaired) electrons. The molecule has 1 aliphatic heterocycles. The maximum atomic E-state index is 11.0. The first-order valence-corrected chi connectivity index (χ1v) is 7.85. The summed E-state index contributed by atoms with van der Waals surface area (Å²) in [4.78, 5) is 22.4. The molecule has 0 aromatic carbocycles. The van der Waals surface area contributed by atoms with Crippen molar-refractivity contribution in [2.75, 3.05) is 13.1 Å². The van der Waals surface area contributed by atoms with Crippen LogP contribution in [0.15, 0.2) is 16.8 Å². The fraction of sp³-hybridized carbons (Fsp3) is 0.500. The second-order valence-electron chi connectivity index (χ2n) is 5.91. The molecule has 1 atom stereocenters. The Labute approximate surface area is 134 Å². The van der Waals surface area contributed by atoms with E-state index in [9.17, 15) is 4.79 Å². The van der Waals surface area contributed by atoms with Gasteiger partial charge in [-0.3, -0.25) is 9.69 Å². The number of aromatic nitrogens is 3. The molecule has 3 rings (SSSR count).